The van der Waals surface area contributed by atoms with Crippen LogP contribution in [0.1, 0.15) is 34.5 Å². The number of hydrogen-bond acceptors (Lipinski definition) is 4. The van der Waals surface area contributed by atoms with Crippen LogP contribution in [0.2, 0.25) is 0 Å². The van der Waals surface area contributed by atoms with Gasteiger partial charge in [0.2, 0.25) is 0 Å². The van der Waals surface area contributed by atoms with Crippen LogP contribution in [0.25, 0.3) is 16.9 Å². The van der Waals surface area contributed by atoms with Gasteiger partial charge in [0.05, 0.1) is 22.5 Å². The second kappa shape index (κ2) is 10.5. The van der Waals surface area contributed by atoms with Gasteiger partial charge in [-0.2, -0.15) is 0 Å². The quantitative estimate of drug-likeness (QED) is 0.434. The maximum atomic E-state index is 13.5. The molecule has 4 aromatic rings. The summed E-state index contributed by atoms with van der Waals surface area (Å²) in [5.41, 5.74) is 4.39. The van der Waals surface area contributed by atoms with Crippen LogP contribution in [-0.2, 0) is 13.6 Å². The molecule has 0 bridgehead atoms. The Balaban J connectivity index is 1.18. The van der Waals surface area contributed by atoms with Gasteiger partial charge >= 0.3 is 0 Å². The van der Waals surface area contributed by atoms with Crippen molar-refractivity contribution in [3.8, 4) is 16.9 Å². The molecule has 0 unspecified atom stereocenters. The Morgan fingerprint density at radius 2 is 1.81 bits per heavy atom. The summed E-state index contributed by atoms with van der Waals surface area (Å²) in [7, 11) is 1.91. The molecule has 2 aromatic heterocycles. The molecule has 0 radical (unpaired) electrons. The largest absolute Gasteiger partial charge is 0.349 e. The normalized spacial score (nSPS) is 14.6. The van der Waals surface area contributed by atoms with Crippen LogP contribution in [0.4, 0.5) is 4.39 Å². The minimum Gasteiger partial charge on any atom is -0.349 e. The van der Waals surface area contributed by atoms with Gasteiger partial charge in [0, 0.05) is 50.2 Å². The molecule has 0 saturated carbocycles. The maximum Gasteiger partial charge on any atom is 0.276 e. The van der Waals surface area contributed by atoms with Gasteiger partial charge in [-0.15, -0.1) is 0 Å². The standard InChI is InChI=1S/C29H30FN5O2/c1-20-26(29(37)35(33(20)2)25-9-4-3-5-10-25)19-34-15-13-24(14-16-34)32-28(36)22-11-12-27(31-18-22)21-7-6-8-23(30)17-21/h3-12,17-18,24H,13-16,19H2,1-2H3,(H,32,36). The Kier molecular flexibility index (Phi) is 7.01. The predicted molar refractivity (Wildman–Crippen MR) is 141 cm³/mol. The first-order chi connectivity index (χ1) is 17.9. The minimum absolute atomic E-state index is 0.0100. The third-order valence-corrected chi connectivity index (χ3v) is 7.12. The van der Waals surface area contributed by atoms with Crippen LogP contribution >= 0.6 is 0 Å². The SMILES string of the molecule is Cc1c(CN2CCC(NC(=O)c3ccc(-c4cccc(F)c4)nc3)CC2)c(=O)n(-c2ccccc2)n1C. The van der Waals surface area contributed by atoms with Crippen molar-refractivity contribution in [3.05, 3.63) is 106 Å². The number of nitrogens with one attached hydrogen (secondary N) is 1. The van der Waals surface area contributed by atoms with Crippen molar-refractivity contribution in [2.45, 2.75) is 32.4 Å². The molecule has 1 aliphatic heterocycles. The van der Waals surface area contributed by atoms with Crippen LogP contribution in [0.3, 0.4) is 0 Å². The topological polar surface area (TPSA) is 72.2 Å². The van der Waals surface area contributed by atoms with Crippen molar-refractivity contribution in [2.75, 3.05) is 13.1 Å². The molecule has 190 valence electrons. The number of hydrogen-bond donors (Lipinski definition) is 1. The summed E-state index contributed by atoms with van der Waals surface area (Å²) in [5, 5.41) is 3.11. The van der Waals surface area contributed by atoms with E-state index in [0.29, 0.717) is 23.4 Å². The molecule has 1 aliphatic rings. The average Bonchev–Trinajstić information content (AvgIpc) is 3.13. The van der Waals surface area contributed by atoms with E-state index in [1.807, 2.05) is 49.0 Å². The van der Waals surface area contributed by atoms with E-state index in [-0.39, 0.29) is 23.3 Å². The minimum atomic E-state index is -0.322. The average molecular weight is 500 g/mol. The lowest BCUT2D eigenvalue weighted by molar-refractivity contribution is 0.0908. The van der Waals surface area contributed by atoms with Gasteiger partial charge in [-0.1, -0.05) is 30.3 Å². The highest BCUT2D eigenvalue weighted by molar-refractivity contribution is 5.94. The zero-order valence-electron chi connectivity index (χ0n) is 21.0. The number of amides is 1. The molecule has 0 aliphatic carbocycles. The van der Waals surface area contributed by atoms with E-state index in [4.69, 9.17) is 0 Å². The molecule has 1 amide bonds. The van der Waals surface area contributed by atoms with E-state index in [1.165, 1.54) is 18.3 Å². The molecular weight excluding hydrogens is 469 g/mol. The van der Waals surface area contributed by atoms with Gasteiger partial charge in [0.1, 0.15) is 5.82 Å². The fraction of sp³-hybridized carbons (Fsp3) is 0.276. The van der Waals surface area contributed by atoms with E-state index >= 15 is 0 Å². The number of benzene rings is 2. The number of nitrogens with zero attached hydrogens (tertiary/aromatic N) is 4. The van der Waals surface area contributed by atoms with Gasteiger partial charge in [-0.3, -0.25) is 24.2 Å². The van der Waals surface area contributed by atoms with Crippen molar-refractivity contribution < 1.29 is 9.18 Å². The Bertz CT molecular complexity index is 1450. The van der Waals surface area contributed by atoms with Gasteiger partial charge in [0.25, 0.3) is 11.5 Å². The number of pyridine rings is 1. The van der Waals surface area contributed by atoms with Gasteiger partial charge in [-0.05, 0) is 56.2 Å². The van der Waals surface area contributed by atoms with Gasteiger partial charge < -0.3 is 5.32 Å². The van der Waals surface area contributed by atoms with E-state index in [9.17, 15) is 14.0 Å². The summed E-state index contributed by atoms with van der Waals surface area (Å²) in [5.74, 6) is -0.488. The van der Waals surface area contributed by atoms with Crippen molar-refractivity contribution in [1.82, 2.24) is 24.6 Å². The van der Waals surface area contributed by atoms with Crippen LogP contribution in [-0.4, -0.2) is 44.3 Å². The fourth-order valence-corrected chi connectivity index (χ4v) is 4.88. The number of halogens is 1. The summed E-state index contributed by atoms with van der Waals surface area (Å²) in [6, 6.07) is 19.4. The van der Waals surface area contributed by atoms with Crippen molar-refractivity contribution in [3.63, 3.8) is 0 Å². The van der Waals surface area contributed by atoms with Gasteiger partial charge in [0.15, 0.2) is 0 Å². The zero-order valence-corrected chi connectivity index (χ0v) is 21.0. The highest BCUT2D eigenvalue weighted by Gasteiger charge is 2.24. The molecular formula is C29H30FN5O2. The van der Waals surface area contributed by atoms with Crippen molar-refractivity contribution in [2.24, 2.45) is 7.05 Å². The van der Waals surface area contributed by atoms with Crippen LogP contribution in [0.15, 0.2) is 77.7 Å². The number of carbonyl (C=O) groups excluding carboxylic acids is 1. The first-order valence-corrected chi connectivity index (χ1v) is 12.5. The molecule has 5 rings (SSSR count). The van der Waals surface area contributed by atoms with Crippen molar-refractivity contribution >= 4 is 5.91 Å². The summed E-state index contributed by atoms with van der Waals surface area (Å²) < 4.78 is 17.1. The first kappa shape index (κ1) is 24.6. The number of rotatable bonds is 6. The number of likely N-dealkylation sites (tertiary alicyclic amines) is 1. The lowest BCUT2D eigenvalue weighted by atomic mass is 10.0. The monoisotopic (exact) mass is 499 g/mol. The molecule has 1 N–H and O–H groups in total. The Morgan fingerprint density at radius 3 is 2.49 bits per heavy atom. The molecule has 1 saturated heterocycles. The number of carbonyl (C=O) groups is 1. The van der Waals surface area contributed by atoms with Crippen LogP contribution in [0.5, 0.6) is 0 Å². The Hall–Kier alpha value is -4.04. The summed E-state index contributed by atoms with van der Waals surface area (Å²) >= 11 is 0. The summed E-state index contributed by atoms with van der Waals surface area (Å²) in [4.78, 5) is 32.6. The molecule has 8 heteroatoms. The molecule has 0 atom stereocenters. The molecule has 0 spiro atoms. The molecule has 2 aromatic carbocycles. The Morgan fingerprint density at radius 1 is 1.05 bits per heavy atom. The van der Waals surface area contributed by atoms with E-state index in [1.54, 1.807) is 28.9 Å². The third-order valence-electron chi connectivity index (χ3n) is 7.12. The highest BCUT2D eigenvalue weighted by atomic mass is 19.1. The van der Waals surface area contributed by atoms with E-state index in [0.717, 1.165) is 42.9 Å². The molecule has 37 heavy (non-hydrogen) atoms. The fourth-order valence-electron chi connectivity index (χ4n) is 4.88. The van der Waals surface area contributed by atoms with Crippen molar-refractivity contribution in [1.29, 1.82) is 0 Å². The van der Waals surface area contributed by atoms with E-state index in [2.05, 4.69) is 15.2 Å². The highest BCUT2D eigenvalue weighted by Crippen LogP contribution is 2.19. The molecule has 3 heterocycles. The number of piperidine rings is 1. The van der Waals surface area contributed by atoms with Gasteiger partial charge in [-0.25, -0.2) is 9.07 Å². The zero-order chi connectivity index (χ0) is 25.9. The maximum absolute atomic E-state index is 13.5. The third kappa shape index (κ3) is 5.24. The smallest absolute Gasteiger partial charge is 0.276 e. The number of para-hydroxylation sites is 1. The van der Waals surface area contributed by atoms with E-state index < -0.39 is 0 Å². The number of aromatic nitrogens is 3. The first-order valence-electron chi connectivity index (χ1n) is 12.5. The summed E-state index contributed by atoms with van der Waals surface area (Å²) in [6.45, 7) is 4.16. The summed E-state index contributed by atoms with van der Waals surface area (Å²) in [6.07, 6.45) is 3.14. The second-order valence-electron chi connectivity index (χ2n) is 9.51. The van der Waals surface area contributed by atoms with Crippen LogP contribution in [0, 0.1) is 12.7 Å². The predicted octanol–water partition coefficient (Wildman–Crippen LogP) is 4.08. The Labute approximate surface area is 215 Å². The lowest BCUT2D eigenvalue weighted by Crippen LogP contribution is -2.44. The lowest BCUT2D eigenvalue weighted by Gasteiger charge is -2.32. The second-order valence-corrected chi connectivity index (χ2v) is 9.51. The molecule has 7 nitrogen and oxygen atoms in total. The van der Waals surface area contributed by atoms with Crippen LogP contribution < -0.4 is 10.9 Å². The molecule has 1 fully saturated rings.